The van der Waals surface area contributed by atoms with Gasteiger partial charge in [-0.3, -0.25) is 14.7 Å². The highest BCUT2D eigenvalue weighted by molar-refractivity contribution is 6.08. The molecular weight excluding hydrogens is 397 g/mol. The van der Waals surface area contributed by atoms with Gasteiger partial charge in [0, 0.05) is 43.0 Å². The van der Waals surface area contributed by atoms with Gasteiger partial charge in [-0.05, 0) is 54.6 Å². The Hall–Kier alpha value is -4.13. The summed E-state index contributed by atoms with van der Waals surface area (Å²) in [7, 11) is 1.95. The van der Waals surface area contributed by atoms with Gasteiger partial charge < -0.3 is 14.0 Å². The van der Waals surface area contributed by atoms with Crippen LogP contribution in [0.25, 0.3) is 11.3 Å². The van der Waals surface area contributed by atoms with E-state index in [1.807, 2.05) is 36.1 Å². The van der Waals surface area contributed by atoms with Crippen molar-refractivity contribution in [1.82, 2.24) is 9.55 Å². The molecule has 154 valence electrons. The number of ether oxygens (including phenoxy) is 2. The van der Waals surface area contributed by atoms with Gasteiger partial charge in [-0.15, -0.1) is 0 Å². The lowest BCUT2D eigenvalue weighted by Crippen LogP contribution is -2.38. The molecule has 0 fully saturated rings. The maximum absolute atomic E-state index is 13.2. The predicted molar refractivity (Wildman–Crippen MR) is 114 cm³/mol. The molecular formula is C24H18FN3O3. The number of hydrogen-bond acceptors (Lipinski definition) is 4. The van der Waals surface area contributed by atoms with Gasteiger partial charge in [0.05, 0.1) is 11.3 Å². The van der Waals surface area contributed by atoms with Gasteiger partial charge in [-0.1, -0.05) is 0 Å². The SMILES string of the molecule is Cn1ccc(-c2cc(Oc3ccc4c(c3)C(=O)N(c3ccc(F)cc3)CO4)ccn2)c1. The highest BCUT2D eigenvalue weighted by Gasteiger charge is 2.27. The van der Waals surface area contributed by atoms with Crippen LogP contribution in [-0.2, 0) is 7.05 Å². The first-order valence-corrected chi connectivity index (χ1v) is 9.67. The lowest BCUT2D eigenvalue weighted by Gasteiger charge is -2.29. The third-order valence-corrected chi connectivity index (χ3v) is 5.01. The van der Waals surface area contributed by atoms with Gasteiger partial charge in [0.15, 0.2) is 6.73 Å². The first kappa shape index (κ1) is 18.9. The highest BCUT2D eigenvalue weighted by atomic mass is 19.1. The maximum Gasteiger partial charge on any atom is 0.264 e. The summed E-state index contributed by atoms with van der Waals surface area (Å²) in [5.74, 6) is 0.987. The van der Waals surface area contributed by atoms with E-state index in [2.05, 4.69) is 4.98 Å². The Morgan fingerprint density at radius 1 is 1.03 bits per heavy atom. The minimum Gasteiger partial charge on any atom is -0.472 e. The number of rotatable bonds is 4. The summed E-state index contributed by atoms with van der Waals surface area (Å²) in [6, 6.07) is 16.4. The van der Waals surface area contributed by atoms with E-state index in [1.54, 1.807) is 42.6 Å². The second-order valence-electron chi connectivity index (χ2n) is 7.19. The van der Waals surface area contributed by atoms with E-state index in [4.69, 9.17) is 9.47 Å². The van der Waals surface area contributed by atoms with Crippen LogP contribution < -0.4 is 14.4 Å². The molecule has 4 aromatic rings. The van der Waals surface area contributed by atoms with Crippen LogP contribution in [0.2, 0.25) is 0 Å². The van der Waals surface area contributed by atoms with Gasteiger partial charge in [0.25, 0.3) is 5.91 Å². The average molecular weight is 415 g/mol. The largest absolute Gasteiger partial charge is 0.472 e. The van der Waals surface area contributed by atoms with Crippen molar-refractivity contribution in [3.8, 4) is 28.5 Å². The number of benzene rings is 2. The van der Waals surface area contributed by atoms with E-state index >= 15 is 0 Å². The minimum absolute atomic E-state index is 0.0580. The van der Waals surface area contributed by atoms with Crippen molar-refractivity contribution in [2.24, 2.45) is 7.05 Å². The molecule has 0 atom stereocenters. The molecule has 1 aliphatic rings. The fraction of sp³-hybridized carbons (Fsp3) is 0.0833. The van der Waals surface area contributed by atoms with E-state index < -0.39 is 0 Å². The highest BCUT2D eigenvalue weighted by Crippen LogP contribution is 2.33. The van der Waals surface area contributed by atoms with Gasteiger partial charge in [0.1, 0.15) is 23.1 Å². The summed E-state index contributed by atoms with van der Waals surface area (Å²) in [5, 5.41) is 0. The second-order valence-corrected chi connectivity index (χ2v) is 7.19. The van der Waals surface area contributed by atoms with Crippen LogP contribution in [0.1, 0.15) is 10.4 Å². The smallest absolute Gasteiger partial charge is 0.264 e. The van der Waals surface area contributed by atoms with Crippen LogP contribution in [0.5, 0.6) is 17.2 Å². The quantitative estimate of drug-likeness (QED) is 0.470. The number of hydrogen-bond donors (Lipinski definition) is 0. The van der Waals surface area contributed by atoms with Crippen molar-refractivity contribution < 1.29 is 18.7 Å². The van der Waals surface area contributed by atoms with Crippen molar-refractivity contribution in [2.45, 2.75) is 0 Å². The summed E-state index contributed by atoms with van der Waals surface area (Å²) in [4.78, 5) is 18.9. The number of pyridine rings is 1. The number of anilines is 1. The molecule has 0 saturated carbocycles. The first-order chi connectivity index (χ1) is 15.1. The van der Waals surface area contributed by atoms with Crippen LogP contribution in [-0.4, -0.2) is 22.2 Å². The number of halogens is 1. The van der Waals surface area contributed by atoms with Gasteiger partial charge in [-0.2, -0.15) is 0 Å². The fourth-order valence-corrected chi connectivity index (χ4v) is 3.44. The van der Waals surface area contributed by atoms with Crippen LogP contribution in [0.15, 0.2) is 79.3 Å². The molecule has 3 heterocycles. The molecule has 0 spiro atoms. The van der Waals surface area contributed by atoms with E-state index in [9.17, 15) is 9.18 Å². The Morgan fingerprint density at radius 2 is 1.84 bits per heavy atom. The molecule has 2 aromatic heterocycles. The summed E-state index contributed by atoms with van der Waals surface area (Å²) < 4.78 is 26.9. The number of aryl methyl sites for hydroxylation is 1. The van der Waals surface area contributed by atoms with E-state index in [0.717, 1.165) is 11.3 Å². The molecule has 1 amide bonds. The Kier molecular flexibility index (Phi) is 4.63. The Labute approximate surface area is 178 Å². The van der Waals surface area contributed by atoms with Crippen molar-refractivity contribution in [3.05, 3.63) is 90.6 Å². The second kappa shape index (κ2) is 7.60. The van der Waals surface area contributed by atoms with Crippen LogP contribution in [0, 0.1) is 5.82 Å². The summed E-state index contributed by atoms with van der Waals surface area (Å²) in [6.07, 6.45) is 5.61. The van der Waals surface area contributed by atoms with Gasteiger partial charge in [-0.25, -0.2) is 4.39 Å². The number of amides is 1. The Bertz CT molecular complexity index is 1270. The number of aromatic nitrogens is 2. The summed E-state index contributed by atoms with van der Waals surface area (Å²) in [5.41, 5.74) is 2.71. The normalized spacial score (nSPS) is 13.0. The maximum atomic E-state index is 13.2. The average Bonchev–Trinajstić information content (AvgIpc) is 3.22. The third-order valence-electron chi connectivity index (χ3n) is 5.01. The third kappa shape index (κ3) is 3.73. The standard InChI is InChI=1S/C24H18FN3O3/c1-27-11-9-16(14-27)22-13-20(8-10-26-22)31-19-6-7-23-21(12-19)24(29)28(15-30-23)18-4-2-17(25)3-5-18/h2-14H,15H2,1H3. The van der Waals surface area contributed by atoms with Crippen molar-refractivity contribution in [2.75, 3.05) is 11.6 Å². The lowest BCUT2D eigenvalue weighted by atomic mass is 10.1. The molecule has 31 heavy (non-hydrogen) atoms. The molecule has 1 aliphatic heterocycles. The molecule has 0 bridgehead atoms. The van der Waals surface area contributed by atoms with Crippen LogP contribution in [0.3, 0.4) is 0 Å². The van der Waals surface area contributed by atoms with Crippen molar-refractivity contribution in [3.63, 3.8) is 0 Å². The summed E-state index contributed by atoms with van der Waals surface area (Å²) in [6.45, 7) is 0.0580. The van der Waals surface area contributed by atoms with Crippen molar-refractivity contribution >= 4 is 11.6 Å². The Balaban J connectivity index is 1.41. The zero-order valence-corrected chi connectivity index (χ0v) is 16.7. The molecule has 0 aliphatic carbocycles. The molecule has 0 radical (unpaired) electrons. The van der Waals surface area contributed by atoms with Crippen LogP contribution >= 0.6 is 0 Å². The lowest BCUT2D eigenvalue weighted by molar-refractivity contribution is 0.0936. The molecule has 7 heteroatoms. The molecule has 0 N–H and O–H groups in total. The molecule has 2 aromatic carbocycles. The minimum atomic E-state index is -0.363. The zero-order chi connectivity index (χ0) is 21.4. The number of carbonyl (C=O) groups excluding carboxylic acids is 1. The monoisotopic (exact) mass is 415 g/mol. The number of nitrogens with zero attached hydrogens (tertiary/aromatic N) is 3. The van der Waals surface area contributed by atoms with Gasteiger partial charge >= 0.3 is 0 Å². The molecule has 6 nitrogen and oxygen atoms in total. The van der Waals surface area contributed by atoms with Gasteiger partial charge in [0.2, 0.25) is 0 Å². The fourth-order valence-electron chi connectivity index (χ4n) is 3.44. The predicted octanol–water partition coefficient (Wildman–Crippen LogP) is 5.02. The zero-order valence-electron chi connectivity index (χ0n) is 16.7. The Morgan fingerprint density at radius 3 is 2.61 bits per heavy atom. The van der Waals surface area contributed by atoms with E-state index in [1.165, 1.54) is 17.0 Å². The first-order valence-electron chi connectivity index (χ1n) is 9.67. The van der Waals surface area contributed by atoms with Crippen molar-refractivity contribution in [1.29, 1.82) is 0 Å². The van der Waals surface area contributed by atoms with Crippen LogP contribution in [0.4, 0.5) is 10.1 Å². The molecule has 5 rings (SSSR count). The topological polar surface area (TPSA) is 56.6 Å². The molecule has 0 saturated heterocycles. The molecule has 0 unspecified atom stereocenters. The summed E-state index contributed by atoms with van der Waals surface area (Å²) >= 11 is 0. The number of fused-ring (bicyclic) bond motifs is 1. The van der Waals surface area contributed by atoms with E-state index in [0.29, 0.717) is 28.5 Å². The van der Waals surface area contributed by atoms with E-state index in [-0.39, 0.29) is 18.5 Å². The number of carbonyl (C=O) groups is 1.